The lowest BCUT2D eigenvalue weighted by molar-refractivity contribution is -0.384. The Bertz CT molecular complexity index is 477. The van der Waals surface area contributed by atoms with Gasteiger partial charge in [-0.25, -0.2) is 0 Å². The lowest BCUT2D eigenvalue weighted by Crippen LogP contribution is -2.58. The van der Waals surface area contributed by atoms with Crippen LogP contribution >= 0.6 is 0 Å². The van der Waals surface area contributed by atoms with Crippen LogP contribution in [0.1, 0.15) is 23.8 Å². The number of rotatable bonds is 4. The van der Waals surface area contributed by atoms with Gasteiger partial charge in [-0.1, -0.05) is 6.92 Å². The molecule has 0 radical (unpaired) electrons. The van der Waals surface area contributed by atoms with Crippen molar-refractivity contribution in [3.63, 3.8) is 0 Å². The van der Waals surface area contributed by atoms with Crippen LogP contribution in [0.3, 0.4) is 0 Å². The molecule has 98 valence electrons. The second-order valence-electron chi connectivity index (χ2n) is 4.50. The molecule has 0 atom stereocenters. The molecule has 1 fully saturated rings. The van der Waals surface area contributed by atoms with Crippen molar-refractivity contribution in [2.75, 3.05) is 13.1 Å². The molecule has 1 amide bonds. The van der Waals surface area contributed by atoms with E-state index in [0.717, 1.165) is 6.42 Å². The van der Waals surface area contributed by atoms with Crippen molar-refractivity contribution in [1.82, 2.24) is 9.47 Å². The summed E-state index contributed by atoms with van der Waals surface area (Å²) in [6.45, 7) is 3.59. The molecule has 0 aliphatic carbocycles. The number of nitro groups is 1. The fraction of sp³-hybridized carbons (Fsp3) is 0.545. The summed E-state index contributed by atoms with van der Waals surface area (Å²) in [6.07, 6.45) is 2.22. The Labute approximate surface area is 104 Å². The Kier molecular flexibility index (Phi) is 3.33. The highest BCUT2D eigenvalue weighted by atomic mass is 16.6. The molecule has 1 aliphatic heterocycles. The zero-order chi connectivity index (χ0) is 13.3. The highest BCUT2D eigenvalue weighted by Crippen LogP contribution is 2.20. The molecule has 7 heteroatoms. The first-order valence-electron chi connectivity index (χ1n) is 5.92. The smallest absolute Gasteiger partial charge is 0.287 e. The molecule has 0 spiro atoms. The number of carbonyl (C=O) groups excluding carboxylic acids is 1. The first kappa shape index (κ1) is 12.6. The van der Waals surface area contributed by atoms with Gasteiger partial charge < -0.3 is 15.2 Å². The highest BCUT2D eigenvalue weighted by Gasteiger charge is 2.31. The summed E-state index contributed by atoms with van der Waals surface area (Å²) in [7, 11) is 0. The largest absolute Gasteiger partial charge is 0.337 e. The van der Waals surface area contributed by atoms with Gasteiger partial charge in [-0.15, -0.1) is 0 Å². The van der Waals surface area contributed by atoms with E-state index in [0.29, 0.717) is 25.3 Å². The number of aryl methyl sites for hydroxylation is 1. The Balaban J connectivity index is 2.24. The summed E-state index contributed by atoms with van der Waals surface area (Å²) in [6, 6.07) is 1.36. The maximum atomic E-state index is 12.1. The van der Waals surface area contributed by atoms with Gasteiger partial charge in [-0.2, -0.15) is 0 Å². The summed E-state index contributed by atoms with van der Waals surface area (Å²) in [5, 5.41) is 10.7. The molecule has 7 nitrogen and oxygen atoms in total. The van der Waals surface area contributed by atoms with Gasteiger partial charge in [0.25, 0.3) is 11.6 Å². The van der Waals surface area contributed by atoms with Gasteiger partial charge in [0.05, 0.1) is 11.1 Å². The van der Waals surface area contributed by atoms with Gasteiger partial charge in [0.2, 0.25) is 0 Å². The third kappa shape index (κ3) is 2.21. The molecule has 1 aromatic rings. The van der Waals surface area contributed by atoms with Crippen molar-refractivity contribution in [1.29, 1.82) is 0 Å². The average Bonchev–Trinajstić information content (AvgIpc) is 2.69. The average molecular weight is 252 g/mol. The summed E-state index contributed by atoms with van der Waals surface area (Å²) >= 11 is 0. The predicted octanol–water partition coefficient (Wildman–Crippen LogP) is 0.589. The molecular weight excluding hydrogens is 236 g/mol. The van der Waals surface area contributed by atoms with Crippen molar-refractivity contribution in [2.45, 2.75) is 25.9 Å². The van der Waals surface area contributed by atoms with E-state index in [4.69, 9.17) is 5.73 Å². The second kappa shape index (κ2) is 4.77. The molecule has 0 unspecified atom stereocenters. The van der Waals surface area contributed by atoms with Gasteiger partial charge >= 0.3 is 0 Å². The third-order valence-electron chi connectivity index (χ3n) is 2.97. The number of likely N-dealkylation sites (tertiary alicyclic amines) is 1. The molecule has 18 heavy (non-hydrogen) atoms. The first-order chi connectivity index (χ1) is 8.52. The van der Waals surface area contributed by atoms with E-state index in [2.05, 4.69) is 0 Å². The van der Waals surface area contributed by atoms with Crippen LogP contribution in [0.4, 0.5) is 5.69 Å². The number of aromatic nitrogens is 1. The van der Waals surface area contributed by atoms with Crippen LogP contribution in [0.5, 0.6) is 0 Å². The fourth-order valence-corrected chi connectivity index (χ4v) is 2.04. The molecule has 2 N–H and O–H groups in total. The molecular formula is C11H16N4O3. The third-order valence-corrected chi connectivity index (χ3v) is 2.97. The van der Waals surface area contributed by atoms with Gasteiger partial charge in [0, 0.05) is 31.7 Å². The van der Waals surface area contributed by atoms with Crippen LogP contribution in [0, 0.1) is 10.1 Å². The van der Waals surface area contributed by atoms with Crippen molar-refractivity contribution in [3.05, 3.63) is 28.1 Å². The minimum absolute atomic E-state index is 0.0264. The summed E-state index contributed by atoms with van der Waals surface area (Å²) < 4.78 is 1.64. The number of hydrogen-bond acceptors (Lipinski definition) is 4. The maximum Gasteiger partial charge on any atom is 0.287 e. The monoisotopic (exact) mass is 252 g/mol. The highest BCUT2D eigenvalue weighted by molar-refractivity contribution is 5.94. The van der Waals surface area contributed by atoms with Crippen LogP contribution in [0.25, 0.3) is 0 Å². The normalized spacial score (nSPS) is 15.6. The van der Waals surface area contributed by atoms with Crippen molar-refractivity contribution in [3.8, 4) is 0 Å². The second-order valence-corrected chi connectivity index (χ2v) is 4.50. The first-order valence-corrected chi connectivity index (χ1v) is 5.92. The van der Waals surface area contributed by atoms with Gasteiger partial charge in [0.1, 0.15) is 5.69 Å². The van der Waals surface area contributed by atoms with Crippen LogP contribution in [-0.4, -0.2) is 39.4 Å². The lowest BCUT2D eigenvalue weighted by atomic mass is 10.1. The molecule has 2 heterocycles. The lowest BCUT2D eigenvalue weighted by Gasteiger charge is -2.36. The van der Waals surface area contributed by atoms with E-state index in [-0.39, 0.29) is 17.6 Å². The number of nitrogens with two attached hydrogens (primary N) is 1. The summed E-state index contributed by atoms with van der Waals surface area (Å²) in [5.41, 5.74) is 5.95. The van der Waals surface area contributed by atoms with E-state index >= 15 is 0 Å². The van der Waals surface area contributed by atoms with Gasteiger partial charge in [-0.05, 0) is 6.42 Å². The van der Waals surface area contributed by atoms with E-state index in [9.17, 15) is 14.9 Å². The molecule has 0 bridgehead atoms. The molecule has 1 saturated heterocycles. The zero-order valence-corrected chi connectivity index (χ0v) is 10.2. The van der Waals surface area contributed by atoms with E-state index in [1.165, 1.54) is 12.3 Å². The van der Waals surface area contributed by atoms with Gasteiger partial charge in [0.15, 0.2) is 0 Å². The van der Waals surface area contributed by atoms with Crippen LogP contribution in [-0.2, 0) is 6.54 Å². The fourth-order valence-electron chi connectivity index (χ4n) is 2.04. The predicted molar refractivity (Wildman–Crippen MR) is 65.3 cm³/mol. The topological polar surface area (TPSA) is 94.4 Å². The quantitative estimate of drug-likeness (QED) is 0.626. The zero-order valence-electron chi connectivity index (χ0n) is 10.2. The van der Waals surface area contributed by atoms with E-state index in [1.807, 2.05) is 6.92 Å². The van der Waals surface area contributed by atoms with Crippen molar-refractivity contribution < 1.29 is 9.72 Å². The Hall–Kier alpha value is -1.89. The van der Waals surface area contributed by atoms with Crippen LogP contribution < -0.4 is 5.73 Å². The molecule has 0 saturated carbocycles. The van der Waals surface area contributed by atoms with Crippen LogP contribution in [0.2, 0.25) is 0 Å². The number of nitrogens with zero attached hydrogens (tertiary/aromatic N) is 3. The molecule has 0 aromatic carbocycles. The Morgan fingerprint density at radius 3 is 2.78 bits per heavy atom. The molecule has 1 aromatic heterocycles. The maximum absolute atomic E-state index is 12.1. The Morgan fingerprint density at radius 2 is 2.28 bits per heavy atom. The Morgan fingerprint density at radius 1 is 1.61 bits per heavy atom. The van der Waals surface area contributed by atoms with E-state index in [1.54, 1.807) is 9.47 Å². The van der Waals surface area contributed by atoms with Crippen LogP contribution in [0.15, 0.2) is 12.3 Å². The minimum atomic E-state index is -0.481. The minimum Gasteiger partial charge on any atom is -0.337 e. The standard InChI is InChI=1S/C11H16N4O3/c1-2-3-13-7-9(15(17)18)4-10(13)11(16)14-5-8(12)6-14/h4,7-8H,2-3,5-6,12H2,1H3. The van der Waals surface area contributed by atoms with Crippen molar-refractivity contribution >= 4 is 11.6 Å². The number of amides is 1. The SMILES string of the molecule is CCCn1cc([N+](=O)[O-])cc1C(=O)N1CC(N)C1. The number of hydrogen-bond donors (Lipinski definition) is 1. The van der Waals surface area contributed by atoms with E-state index < -0.39 is 4.92 Å². The summed E-state index contributed by atoms with van der Waals surface area (Å²) in [5.74, 6) is -0.182. The summed E-state index contributed by atoms with van der Waals surface area (Å²) in [4.78, 5) is 24.0. The molecule has 2 rings (SSSR count). The molecule has 1 aliphatic rings. The van der Waals surface area contributed by atoms with Gasteiger partial charge in [-0.3, -0.25) is 14.9 Å². The number of carbonyl (C=O) groups is 1. The van der Waals surface area contributed by atoms with Crippen molar-refractivity contribution in [2.24, 2.45) is 5.73 Å².